The predicted octanol–water partition coefficient (Wildman–Crippen LogP) is 1.45. The molecule has 2 aromatic rings. The third-order valence-electron chi connectivity index (χ3n) is 2.03. The first-order valence-corrected chi connectivity index (χ1v) is 5.92. The second-order valence-corrected chi connectivity index (χ2v) is 4.29. The van der Waals surface area contributed by atoms with E-state index in [4.69, 9.17) is 11.1 Å². The van der Waals surface area contributed by atoms with Crippen molar-refractivity contribution in [2.24, 2.45) is 5.73 Å². The highest BCUT2D eigenvalue weighted by Crippen LogP contribution is 2.19. The monoisotopic (exact) mass is 245 g/mol. The molecule has 2 heterocycles. The number of nitrogens with one attached hydrogen (secondary N) is 1. The molecule has 0 amide bonds. The Morgan fingerprint density at radius 3 is 2.88 bits per heavy atom. The smallest absolute Gasteiger partial charge is 0.141 e. The van der Waals surface area contributed by atoms with Crippen LogP contribution in [-0.2, 0) is 5.75 Å². The van der Waals surface area contributed by atoms with Gasteiger partial charge in [-0.3, -0.25) is 15.4 Å². The second kappa shape index (κ2) is 5.40. The number of nitrogens with zero attached hydrogens (tertiary/aromatic N) is 3. The molecule has 0 unspecified atom stereocenters. The molecule has 0 radical (unpaired) electrons. The Morgan fingerprint density at radius 1 is 1.29 bits per heavy atom. The normalized spacial score (nSPS) is 10.1. The molecule has 2 rings (SSSR count). The number of nitrogens with two attached hydrogens (primary N) is 1. The van der Waals surface area contributed by atoms with E-state index in [1.165, 1.54) is 0 Å². The van der Waals surface area contributed by atoms with E-state index in [0.29, 0.717) is 5.69 Å². The van der Waals surface area contributed by atoms with Gasteiger partial charge in [-0.05, 0) is 17.7 Å². The van der Waals surface area contributed by atoms with Crippen molar-refractivity contribution >= 4 is 17.6 Å². The number of amidine groups is 1. The highest BCUT2D eigenvalue weighted by molar-refractivity contribution is 7.98. The van der Waals surface area contributed by atoms with E-state index in [9.17, 15) is 0 Å². The molecular weight excluding hydrogens is 234 g/mol. The lowest BCUT2D eigenvalue weighted by atomic mass is 10.2. The molecular formula is C11H11N5S. The molecule has 0 atom stereocenters. The number of pyridine rings is 1. The van der Waals surface area contributed by atoms with Gasteiger partial charge in [0.2, 0.25) is 0 Å². The van der Waals surface area contributed by atoms with Gasteiger partial charge in [-0.15, -0.1) is 11.8 Å². The molecule has 0 fully saturated rings. The van der Waals surface area contributed by atoms with Gasteiger partial charge in [-0.2, -0.15) is 0 Å². The first-order valence-electron chi connectivity index (χ1n) is 4.94. The van der Waals surface area contributed by atoms with Gasteiger partial charge in [0.15, 0.2) is 0 Å². The van der Waals surface area contributed by atoms with Crippen LogP contribution in [0.3, 0.4) is 0 Å². The van der Waals surface area contributed by atoms with Gasteiger partial charge in [-0.1, -0.05) is 0 Å². The summed E-state index contributed by atoms with van der Waals surface area (Å²) in [6.45, 7) is 0. The van der Waals surface area contributed by atoms with Crippen molar-refractivity contribution in [2.45, 2.75) is 10.8 Å². The maximum atomic E-state index is 7.31. The van der Waals surface area contributed by atoms with E-state index in [-0.39, 0.29) is 5.84 Å². The fourth-order valence-electron chi connectivity index (χ4n) is 1.23. The topological polar surface area (TPSA) is 88.5 Å². The van der Waals surface area contributed by atoms with Gasteiger partial charge >= 0.3 is 0 Å². The number of thioether (sulfide) groups is 1. The summed E-state index contributed by atoms with van der Waals surface area (Å²) in [4.78, 5) is 12.2. The summed E-state index contributed by atoms with van der Waals surface area (Å²) in [5.74, 6) is 0.734. The Balaban J connectivity index is 2.04. The van der Waals surface area contributed by atoms with Crippen LogP contribution < -0.4 is 5.73 Å². The van der Waals surface area contributed by atoms with Crippen LogP contribution in [-0.4, -0.2) is 20.8 Å². The standard InChI is InChI=1S/C11H11N5S/c12-11(13)9-5-8(1-2-15-9)7-17-10-6-14-3-4-16-10/h1-6H,7H2,(H3,12,13). The van der Waals surface area contributed by atoms with E-state index in [0.717, 1.165) is 16.3 Å². The number of rotatable bonds is 4. The molecule has 5 nitrogen and oxygen atoms in total. The molecule has 2 aromatic heterocycles. The summed E-state index contributed by atoms with van der Waals surface area (Å²) in [5.41, 5.74) is 6.94. The van der Waals surface area contributed by atoms with E-state index in [1.807, 2.05) is 12.1 Å². The fraction of sp³-hybridized carbons (Fsp3) is 0.0909. The number of nitrogen functional groups attached to an aromatic ring is 1. The van der Waals surface area contributed by atoms with E-state index < -0.39 is 0 Å². The van der Waals surface area contributed by atoms with Crippen LogP contribution >= 0.6 is 11.8 Å². The summed E-state index contributed by atoms with van der Waals surface area (Å²) in [6, 6.07) is 3.71. The first-order chi connectivity index (χ1) is 8.25. The minimum atomic E-state index is -0.0173. The fourth-order valence-corrected chi connectivity index (χ4v) is 1.99. The molecule has 3 N–H and O–H groups in total. The average Bonchev–Trinajstić information content (AvgIpc) is 2.38. The lowest BCUT2D eigenvalue weighted by Gasteiger charge is -2.02. The Kier molecular flexibility index (Phi) is 3.66. The summed E-state index contributed by atoms with van der Waals surface area (Å²) in [6.07, 6.45) is 6.68. The lowest BCUT2D eigenvalue weighted by molar-refractivity contribution is 1.05. The van der Waals surface area contributed by atoms with Crippen LogP contribution in [0.2, 0.25) is 0 Å². The van der Waals surface area contributed by atoms with Crippen LogP contribution in [0.5, 0.6) is 0 Å². The molecule has 0 aliphatic heterocycles. The van der Waals surface area contributed by atoms with Crippen molar-refractivity contribution < 1.29 is 0 Å². The lowest BCUT2D eigenvalue weighted by Crippen LogP contribution is -2.13. The molecule has 6 heteroatoms. The molecule has 0 bridgehead atoms. The SMILES string of the molecule is N=C(N)c1cc(CSc2cnccn2)ccn1. The van der Waals surface area contributed by atoms with Crippen molar-refractivity contribution in [3.05, 3.63) is 48.2 Å². The first kappa shape index (κ1) is 11.5. The molecule has 0 saturated carbocycles. The maximum absolute atomic E-state index is 7.31. The minimum Gasteiger partial charge on any atom is -0.382 e. The van der Waals surface area contributed by atoms with Crippen molar-refractivity contribution in [3.8, 4) is 0 Å². The van der Waals surface area contributed by atoms with Crippen LogP contribution in [0.15, 0.2) is 41.9 Å². The Bertz CT molecular complexity index is 514. The van der Waals surface area contributed by atoms with Crippen molar-refractivity contribution in [1.29, 1.82) is 5.41 Å². The molecule has 86 valence electrons. The summed E-state index contributed by atoms with van der Waals surface area (Å²) in [7, 11) is 0. The molecule has 0 saturated heterocycles. The minimum absolute atomic E-state index is 0.0173. The van der Waals surface area contributed by atoms with Crippen LogP contribution in [0, 0.1) is 5.41 Å². The Morgan fingerprint density at radius 2 is 2.18 bits per heavy atom. The Hall–Kier alpha value is -1.95. The predicted molar refractivity (Wildman–Crippen MR) is 66.8 cm³/mol. The number of hydrogen-bond acceptors (Lipinski definition) is 5. The quantitative estimate of drug-likeness (QED) is 0.483. The third kappa shape index (κ3) is 3.25. The van der Waals surface area contributed by atoms with Crippen molar-refractivity contribution in [1.82, 2.24) is 15.0 Å². The van der Waals surface area contributed by atoms with Crippen LogP contribution in [0.4, 0.5) is 0 Å². The zero-order valence-electron chi connectivity index (χ0n) is 9.00. The average molecular weight is 245 g/mol. The van der Waals surface area contributed by atoms with Crippen LogP contribution in [0.1, 0.15) is 11.3 Å². The largest absolute Gasteiger partial charge is 0.382 e. The molecule has 0 aliphatic rings. The second-order valence-electron chi connectivity index (χ2n) is 3.30. The summed E-state index contributed by atoms with van der Waals surface area (Å²) < 4.78 is 0. The molecule has 17 heavy (non-hydrogen) atoms. The van der Waals surface area contributed by atoms with Gasteiger partial charge < -0.3 is 5.73 Å². The van der Waals surface area contributed by atoms with Crippen LogP contribution in [0.25, 0.3) is 0 Å². The van der Waals surface area contributed by atoms with Gasteiger partial charge in [0.25, 0.3) is 0 Å². The van der Waals surface area contributed by atoms with Gasteiger partial charge in [0, 0.05) is 24.3 Å². The zero-order valence-corrected chi connectivity index (χ0v) is 9.81. The zero-order chi connectivity index (χ0) is 12.1. The molecule has 0 spiro atoms. The van der Waals surface area contributed by atoms with E-state index >= 15 is 0 Å². The third-order valence-corrected chi connectivity index (χ3v) is 3.01. The molecule has 0 aliphatic carbocycles. The number of hydrogen-bond donors (Lipinski definition) is 2. The van der Waals surface area contributed by atoms with E-state index in [2.05, 4.69) is 15.0 Å². The summed E-state index contributed by atoms with van der Waals surface area (Å²) >= 11 is 1.58. The highest BCUT2D eigenvalue weighted by Gasteiger charge is 2.01. The van der Waals surface area contributed by atoms with E-state index in [1.54, 1.807) is 36.5 Å². The number of aromatic nitrogens is 3. The van der Waals surface area contributed by atoms with Crippen molar-refractivity contribution in [3.63, 3.8) is 0 Å². The van der Waals surface area contributed by atoms with Gasteiger partial charge in [0.1, 0.15) is 16.6 Å². The Labute approximate surface area is 103 Å². The molecule has 0 aromatic carbocycles. The van der Waals surface area contributed by atoms with Gasteiger partial charge in [-0.25, -0.2) is 4.98 Å². The maximum Gasteiger partial charge on any atom is 0.141 e. The summed E-state index contributed by atoms with van der Waals surface area (Å²) in [5, 5.41) is 8.18. The van der Waals surface area contributed by atoms with Gasteiger partial charge in [0.05, 0.1) is 6.20 Å². The van der Waals surface area contributed by atoms with Crippen molar-refractivity contribution in [2.75, 3.05) is 0 Å². The highest BCUT2D eigenvalue weighted by atomic mass is 32.2.